The number of amidine groups is 1. The fourth-order valence-electron chi connectivity index (χ4n) is 4.41. The van der Waals surface area contributed by atoms with Crippen molar-refractivity contribution in [1.82, 2.24) is 9.80 Å². The fraction of sp³-hybridized carbons (Fsp3) is 0.222. The number of fused-ring (bicyclic) bond motifs is 2. The first kappa shape index (κ1) is 21.5. The molecule has 1 atom stereocenters. The number of carbonyl (C=O) groups excluding carboxylic acids is 1. The summed E-state index contributed by atoms with van der Waals surface area (Å²) in [5.74, 6) is 2.86. The number of carbonyl (C=O) groups is 1. The quantitative estimate of drug-likeness (QED) is 0.568. The first-order chi connectivity index (χ1) is 16.6. The van der Waals surface area contributed by atoms with E-state index in [1.54, 1.807) is 31.4 Å². The van der Waals surface area contributed by atoms with Crippen LogP contribution >= 0.6 is 0 Å². The molecule has 1 amide bonds. The molecule has 1 saturated heterocycles. The summed E-state index contributed by atoms with van der Waals surface area (Å²) in [5, 5.41) is 9.18. The summed E-state index contributed by atoms with van der Waals surface area (Å²) >= 11 is 0. The van der Waals surface area contributed by atoms with E-state index in [9.17, 15) is 10.1 Å². The van der Waals surface area contributed by atoms with Crippen molar-refractivity contribution in [1.29, 1.82) is 5.26 Å². The zero-order chi connectivity index (χ0) is 23.7. The first-order valence-corrected chi connectivity index (χ1v) is 11.2. The van der Waals surface area contributed by atoms with Crippen molar-refractivity contribution >= 4 is 17.4 Å². The summed E-state index contributed by atoms with van der Waals surface area (Å²) in [6, 6.07) is 22.3. The van der Waals surface area contributed by atoms with E-state index in [1.807, 2.05) is 54.3 Å². The Bertz CT molecular complexity index is 1330. The maximum absolute atomic E-state index is 13.2. The second-order valence-corrected chi connectivity index (χ2v) is 8.35. The van der Waals surface area contributed by atoms with E-state index < -0.39 is 0 Å². The minimum Gasteiger partial charge on any atom is -0.497 e. The van der Waals surface area contributed by atoms with Gasteiger partial charge in [-0.25, -0.2) is 4.99 Å². The number of rotatable bonds is 2. The van der Waals surface area contributed by atoms with E-state index >= 15 is 0 Å². The van der Waals surface area contributed by atoms with Gasteiger partial charge in [-0.3, -0.25) is 4.79 Å². The van der Waals surface area contributed by atoms with Gasteiger partial charge in [0.1, 0.15) is 23.0 Å². The Morgan fingerprint density at radius 2 is 1.94 bits per heavy atom. The molecule has 5 rings (SSSR count). The highest BCUT2D eigenvalue weighted by molar-refractivity contribution is 6.04. The molecule has 0 aliphatic carbocycles. The third-order valence-corrected chi connectivity index (χ3v) is 6.17. The van der Waals surface area contributed by atoms with Gasteiger partial charge in [0.25, 0.3) is 5.91 Å². The van der Waals surface area contributed by atoms with Gasteiger partial charge in [-0.2, -0.15) is 5.26 Å². The van der Waals surface area contributed by atoms with Crippen LogP contribution < -0.4 is 9.47 Å². The number of methoxy groups -OCH3 is 1. The number of piperazine rings is 1. The normalized spacial score (nSPS) is 16.9. The van der Waals surface area contributed by atoms with Crippen LogP contribution in [0.3, 0.4) is 0 Å². The Balaban J connectivity index is 1.46. The van der Waals surface area contributed by atoms with Crippen molar-refractivity contribution in [3.63, 3.8) is 0 Å². The summed E-state index contributed by atoms with van der Waals surface area (Å²) in [4.78, 5) is 22.2. The van der Waals surface area contributed by atoms with E-state index in [1.165, 1.54) is 0 Å². The molecule has 1 fully saturated rings. The van der Waals surface area contributed by atoms with Crippen molar-refractivity contribution in [2.75, 3.05) is 26.7 Å². The van der Waals surface area contributed by atoms with Crippen molar-refractivity contribution in [3.8, 4) is 23.3 Å². The minimum absolute atomic E-state index is 0.0526. The lowest BCUT2D eigenvalue weighted by atomic mass is 10.1. The van der Waals surface area contributed by atoms with Crippen molar-refractivity contribution in [2.45, 2.75) is 13.0 Å². The summed E-state index contributed by atoms with van der Waals surface area (Å²) in [6.07, 6.45) is 0. The molecule has 0 unspecified atom stereocenters. The molecule has 0 N–H and O–H groups in total. The molecule has 0 bridgehead atoms. The Labute approximate surface area is 198 Å². The maximum atomic E-state index is 13.2. The number of benzene rings is 3. The number of aliphatic imine (C=N–C) groups is 1. The standard InChI is InChI=1S/C27H24N4O3/c1-18-17-30(12-13-31(18)27(32)20-7-5-6-19(14-20)16-28)26-22-15-21(33-2)10-11-24(22)34-25-9-4-3-8-23(25)29-26/h3-11,14-15,18H,12-13,17H2,1-2H3/t18-/m1/s1. The summed E-state index contributed by atoms with van der Waals surface area (Å²) in [5.41, 5.74) is 2.62. The maximum Gasteiger partial charge on any atom is 0.254 e. The Kier molecular flexibility index (Phi) is 5.64. The van der Waals surface area contributed by atoms with Crippen LogP contribution in [0.2, 0.25) is 0 Å². The predicted molar refractivity (Wildman–Crippen MR) is 129 cm³/mol. The van der Waals surface area contributed by atoms with Crippen LogP contribution in [0.4, 0.5) is 5.69 Å². The third kappa shape index (κ3) is 3.95. The fourth-order valence-corrected chi connectivity index (χ4v) is 4.41. The molecule has 3 aromatic rings. The number of nitrogens with zero attached hydrogens (tertiary/aromatic N) is 4. The van der Waals surface area contributed by atoms with Gasteiger partial charge in [-0.15, -0.1) is 0 Å². The Morgan fingerprint density at radius 3 is 2.74 bits per heavy atom. The molecule has 2 aliphatic rings. The number of nitriles is 1. The Hall–Kier alpha value is -4.31. The SMILES string of the molecule is COc1ccc2c(c1)C(N1CCN(C(=O)c3cccc(C#N)c3)[C@H](C)C1)=Nc1ccccc1O2. The smallest absolute Gasteiger partial charge is 0.254 e. The molecule has 0 aromatic heterocycles. The van der Waals surface area contributed by atoms with Gasteiger partial charge >= 0.3 is 0 Å². The molecule has 3 aromatic carbocycles. The van der Waals surface area contributed by atoms with Gasteiger partial charge in [0.15, 0.2) is 5.75 Å². The van der Waals surface area contributed by atoms with Crippen molar-refractivity contribution in [3.05, 3.63) is 83.4 Å². The van der Waals surface area contributed by atoms with Crippen molar-refractivity contribution in [2.24, 2.45) is 4.99 Å². The first-order valence-electron chi connectivity index (χ1n) is 11.2. The summed E-state index contributed by atoms with van der Waals surface area (Å²) in [6.45, 7) is 3.80. The van der Waals surface area contributed by atoms with Crippen molar-refractivity contribution < 1.29 is 14.3 Å². The molecule has 0 spiro atoms. The molecule has 0 radical (unpaired) electrons. The average Bonchev–Trinajstić information content (AvgIpc) is 3.04. The topological polar surface area (TPSA) is 78.2 Å². The van der Waals surface area contributed by atoms with Crippen LogP contribution in [-0.4, -0.2) is 54.3 Å². The van der Waals surface area contributed by atoms with E-state index in [0.29, 0.717) is 42.3 Å². The van der Waals surface area contributed by atoms with Gasteiger partial charge in [0, 0.05) is 31.2 Å². The van der Waals surface area contributed by atoms with Crippen LogP contribution in [0, 0.1) is 11.3 Å². The zero-order valence-electron chi connectivity index (χ0n) is 19.1. The molecule has 7 nitrogen and oxygen atoms in total. The van der Waals surface area contributed by atoms with E-state index in [4.69, 9.17) is 14.5 Å². The molecular weight excluding hydrogens is 428 g/mol. The summed E-state index contributed by atoms with van der Waals surface area (Å²) in [7, 11) is 1.64. The molecule has 0 saturated carbocycles. The third-order valence-electron chi connectivity index (χ3n) is 6.17. The highest BCUT2D eigenvalue weighted by atomic mass is 16.5. The number of hydrogen-bond acceptors (Lipinski definition) is 6. The number of hydrogen-bond donors (Lipinski definition) is 0. The zero-order valence-corrected chi connectivity index (χ0v) is 19.1. The lowest BCUT2D eigenvalue weighted by Crippen LogP contribution is -2.55. The molecule has 7 heteroatoms. The number of ether oxygens (including phenoxy) is 2. The number of amides is 1. The van der Waals surface area contributed by atoms with Crippen LogP contribution in [0.1, 0.15) is 28.4 Å². The van der Waals surface area contributed by atoms with E-state index in [0.717, 1.165) is 22.8 Å². The van der Waals surface area contributed by atoms with Gasteiger partial charge < -0.3 is 19.3 Å². The molecule has 2 aliphatic heterocycles. The minimum atomic E-state index is -0.0668. The van der Waals surface area contributed by atoms with Gasteiger partial charge in [0.05, 0.1) is 24.3 Å². The predicted octanol–water partition coefficient (Wildman–Crippen LogP) is 4.60. The molecule has 34 heavy (non-hydrogen) atoms. The lowest BCUT2D eigenvalue weighted by molar-refractivity contribution is 0.0581. The number of para-hydroxylation sites is 2. The molecule has 2 heterocycles. The van der Waals surface area contributed by atoms with E-state index in [-0.39, 0.29) is 11.9 Å². The Morgan fingerprint density at radius 1 is 1.09 bits per heavy atom. The second-order valence-electron chi connectivity index (χ2n) is 8.35. The second kappa shape index (κ2) is 8.91. The average molecular weight is 453 g/mol. The van der Waals surface area contributed by atoms with Crippen LogP contribution in [0.15, 0.2) is 71.7 Å². The van der Waals surface area contributed by atoms with Crippen LogP contribution in [0.5, 0.6) is 17.2 Å². The molecular formula is C27H24N4O3. The van der Waals surface area contributed by atoms with E-state index in [2.05, 4.69) is 11.0 Å². The van der Waals surface area contributed by atoms with Crippen LogP contribution in [-0.2, 0) is 0 Å². The highest BCUT2D eigenvalue weighted by Crippen LogP contribution is 2.39. The lowest BCUT2D eigenvalue weighted by Gasteiger charge is -2.41. The highest BCUT2D eigenvalue weighted by Gasteiger charge is 2.32. The van der Waals surface area contributed by atoms with Gasteiger partial charge in [-0.1, -0.05) is 18.2 Å². The monoisotopic (exact) mass is 452 g/mol. The largest absolute Gasteiger partial charge is 0.497 e. The summed E-state index contributed by atoms with van der Waals surface area (Å²) < 4.78 is 11.7. The molecule has 170 valence electrons. The van der Waals surface area contributed by atoms with Crippen LogP contribution in [0.25, 0.3) is 0 Å². The van der Waals surface area contributed by atoms with Gasteiger partial charge in [-0.05, 0) is 55.5 Å². The van der Waals surface area contributed by atoms with Gasteiger partial charge in [0.2, 0.25) is 0 Å².